The van der Waals surface area contributed by atoms with E-state index in [2.05, 4.69) is 27.8 Å². The summed E-state index contributed by atoms with van der Waals surface area (Å²) in [6.07, 6.45) is 1.53. The van der Waals surface area contributed by atoms with Gasteiger partial charge < -0.3 is 19.6 Å². The molecular weight excluding hydrogens is 484 g/mol. The van der Waals surface area contributed by atoms with Gasteiger partial charge in [-0.25, -0.2) is 4.98 Å². The van der Waals surface area contributed by atoms with Crippen molar-refractivity contribution in [2.24, 2.45) is 12.8 Å². The minimum Gasteiger partial charge on any atom is -0.440 e. The first kappa shape index (κ1) is 21.7. The normalized spacial score (nSPS) is 15.9. The number of nitrogens with two attached hydrogens (primary N) is 1. The number of fused-ring (bicyclic) bond motifs is 2. The third kappa shape index (κ3) is 3.53. The molecule has 8 heteroatoms. The molecule has 4 aromatic rings. The number of amides is 1. The van der Waals surface area contributed by atoms with Crippen LogP contribution in [-0.4, -0.2) is 28.5 Å². The first-order valence-corrected chi connectivity index (χ1v) is 11.7. The largest absolute Gasteiger partial charge is 0.440 e. The summed E-state index contributed by atoms with van der Waals surface area (Å²) < 4.78 is 8.48. The van der Waals surface area contributed by atoms with E-state index in [-0.39, 0.29) is 16.5 Å². The van der Waals surface area contributed by atoms with Crippen molar-refractivity contribution in [3.63, 3.8) is 0 Å². The van der Waals surface area contributed by atoms with E-state index in [4.69, 9.17) is 15.1 Å². The first-order valence-electron chi connectivity index (χ1n) is 10.9. The summed E-state index contributed by atoms with van der Waals surface area (Å²) in [7, 11) is 1.66. The van der Waals surface area contributed by atoms with Gasteiger partial charge in [0.05, 0.1) is 11.2 Å². The predicted molar refractivity (Wildman–Crippen MR) is 133 cm³/mol. The molecule has 1 aliphatic heterocycles. The van der Waals surface area contributed by atoms with E-state index in [1.807, 2.05) is 43.3 Å². The summed E-state index contributed by atoms with van der Waals surface area (Å²) in [5, 5.41) is 0.821. The van der Waals surface area contributed by atoms with E-state index in [0.29, 0.717) is 18.8 Å². The third-order valence-electron chi connectivity index (χ3n) is 6.82. The fraction of sp³-hybridized carbons (Fsp3) is 0.320. The number of hydrogen-bond acceptors (Lipinski definition) is 5. The van der Waals surface area contributed by atoms with E-state index in [1.54, 1.807) is 7.05 Å². The van der Waals surface area contributed by atoms with Crippen molar-refractivity contribution in [3.05, 3.63) is 68.2 Å². The van der Waals surface area contributed by atoms with Gasteiger partial charge in [-0.1, -0.05) is 28.9 Å². The molecular formula is C25H25BrN4O3. The molecule has 170 valence electrons. The highest BCUT2D eigenvalue weighted by molar-refractivity contribution is 9.10. The lowest BCUT2D eigenvalue weighted by Gasteiger charge is -2.39. The summed E-state index contributed by atoms with van der Waals surface area (Å²) in [5.74, 6) is 0.0181. The van der Waals surface area contributed by atoms with Crippen LogP contribution in [0, 0.1) is 6.92 Å². The van der Waals surface area contributed by atoms with Gasteiger partial charge in [0.15, 0.2) is 5.58 Å². The quantitative estimate of drug-likeness (QED) is 0.442. The number of anilines is 1. The van der Waals surface area contributed by atoms with Crippen LogP contribution in [0.3, 0.4) is 0 Å². The molecule has 2 N–H and O–H groups in total. The number of nitrogens with zero attached hydrogens (tertiary/aromatic N) is 3. The molecule has 3 heterocycles. The number of hydrogen-bond donors (Lipinski definition) is 1. The van der Waals surface area contributed by atoms with Crippen LogP contribution >= 0.6 is 15.9 Å². The molecule has 7 nitrogen and oxygen atoms in total. The SMILES string of the molecule is Cc1ccc2oc(C3(C)CCN(c4c(C(N)=O)c(=O)n(C)c5ccc(Br)cc45)CC3)nc2c1. The molecule has 0 aliphatic carbocycles. The van der Waals surface area contributed by atoms with Crippen LogP contribution in [0.15, 0.2) is 50.1 Å². The van der Waals surface area contributed by atoms with Gasteiger partial charge >= 0.3 is 0 Å². The number of carbonyl (C=O) groups excluding carboxylic acids is 1. The van der Waals surface area contributed by atoms with E-state index in [9.17, 15) is 9.59 Å². The molecule has 1 aliphatic rings. The van der Waals surface area contributed by atoms with Gasteiger partial charge in [0, 0.05) is 35.4 Å². The maximum Gasteiger partial charge on any atom is 0.265 e. The van der Waals surface area contributed by atoms with Gasteiger partial charge in [-0.3, -0.25) is 9.59 Å². The number of piperidine rings is 1. The molecule has 0 unspecified atom stereocenters. The Bertz CT molecular complexity index is 1480. The van der Waals surface area contributed by atoms with Crippen LogP contribution in [0.5, 0.6) is 0 Å². The summed E-state index contributed by atoms with van der Waals surface area (Å²) >= 11 is 3.52. The van der Waals surface area contributed by atoms with E-state index < -0.39 is 5.91 Å². The van der Waals surface area contributed by atoms with E-state index in [1.165, 1.54) is 4.57 Å². The average molecular weight is 509 g/mol. The lowest BCUT2D eigenvalue weighted by Crippen LogP contribution is -2.43. The molecule has 2 aromatic heterocycles. The van der Waals surface area contributed by atoms with Gasteiger partial charge in [-0.05, 0) is 55.7 Å². The number of oxazole rings is 1. The van der Waals surface area contributed by atoms with Crippen molar-refractivity contribution in [1.29, 1.82) is 0 Å². The highest BCUT2D eigenvalue weighted by Gasteiger charge is 2.38. The summed E-state index contributed by atoms with van der Waals surface area (Å²) in [6, 6.07) is 11.7. The Hall–Kier alpha value is -3.13. The number of carbonyl (C=O) groups is 1. The first-order chi connectivity index (χ1) is 15.7. The highest BCUT2D eigenvalue weighted by atomic mass is 79.9. The van der Waals surface area contributed by atoms with Gasteiger partial charge in [-0.2, -0.15) is 0 Å². The molecule has 1 amide bonds. The Morgan fingerprint density at radius 3 is 2.61 bits per heavy atom. The second-order valence-corrected chi connectivity index (χ2v) is 10.1. The van der Waals surface area contributed by atoms with Crippen molar-refractivity contribution in [2.45, 2.75) is 32.1 Å². The predicted octanol–water partition coefficient (Wildman–Crippen LogP) is 4.41. The zero-order valence-electron chi connectivity index (χ0n) is 18.8. The van der Waals surface area contributed by atoms with Crippen molar-refractivity contribution in [2.75, 3.05) is 18.0 Å². The fourth-order valence-electron chi connectivity index (χ4n) is 4.79. The van der Waals surface area contributed by atoms with Gasteiger partial charge in [0.25, 0.3) is 11.5 Å². The number of aromatic nitrogens is 2. The van der Waals surface area contributed by atoms with Gasteiger partial charge in [0.2, 0.25) is 5.89 Å². The Kier molecular flexibility index (Phi) is 5.08. The fourth-order valence-corrected chi connectivity index (χ4v) is 5.15. The Balaban J connectivity index is 1.56. The number of halogens is 1. The van der Waals surface area contributed by atoms with Crippen molar-refractivity contribution >= 4 is 49.5 Å². The lowest BCUT2D eigenvalue weighted by molar-refractivity contribution is 0.0999. The van der Waals surface area contributed by atoms with Crippen molar-refractivity contribution < 1.29 is 9.21 Å². The Morgan fingerprint density at radius 1 is 1.18 bits per heavy atom. The Morgan fingerprint density at radius 2 is 1.91 bits per heavy atom. The molecule has 0 spiro atoms. The number of benzene rings is 2. The van der Waals surface area contributed by atoms with Crippen LogP contribution < -0.4 is 16.2 Å². The minimum atomic E-state index is -0.713. The maximum atomic E-state index is 13.0. The number of primary amides is 1. The second-order valence-electron chi connectivity index (χ2n) is 9.15. The van der Waals surface area contributed by atoms with Crippen molar-refractivity contribution in [3.8, 4) is 0 Å². The molecule has 1 saturated heterocycles. The highest BCUT2D eigenvalue weighted by Crippen LogP contribution is 2.40. The molecule has 1 fully saturated rings. The Labute approximate surface area is 199 Å². The molecule has 5 rings (SSSR count). The summed E-state index contributed by atoms with van der Waals surface area (Å²) in [6.45, 7) is 5.49. The lowest BCUT2D eigenvalue weighted by atomic mass is 9.80. The average Bonchev–Trinajstić information content (AvgIpc) is 3.20. The summed E-state index contributed by atoms with van der Waals surface area (Å²) in [4.78, 5) is 32.3. The maximum absolute atomic E-state index is 13.0. The number of rotatable bonds is 3. The van der Waals surface area contributed by atoms with Crippen LogP contribution in [0.4, 0.5) is 5.69 Å². The molecule has 0 saturated carbocycles. The topological polar surface area (TPSA) is 94.4 Å². The molecule has 2 aromatic carbocycles. The van der Waals surface area contributed by atoms with E-state index in [0.717, 1.165) is 50.8 Å². The standard InChI is InChI=1S/C25H25BrN4O3/c1-14-4-7-19-17(12-14)28-24(33-19)25(2)8-10-30(11-9-25)21-16-13-15(26)5-6-18(16)29(3)23(32)20(21)22(27)31/h4-7,12-13H,8-11H2,1-3H3,(H2,27,31). The number of pyridine rings is 1. The van der Waals surface area contributed by atoms with Crippen molar-refractivity contribution in [1.82, 2.24) is 9.55 Å². The third-order valence-corrected chi connectivity index (χ3v) is 7.31. The van der Waals surface area contributed by atoms with Crippen LogP contribution in [0.25, 0.3) is 22.0 Å². The second kappa shape index (κ2) is 7.73. The molecule has 0 radical (unpaired) electrons. The summed E-state index contributed by atoms with van der Waals surface area (Å²) in [5.41, 5.74) is 9.28. The van der Waals surface area contributed by atoms with Gasteiger partial charge in [0.1, 0.15) is 11.1 Å². The van der Waals surface area contributed by atoms with Gasteiger partial charge in [-0.15, -0.1) is 0 Å². The molecule has 0 bridgehead atoms. The van der Waals surface area contributed by atoms with Crippen LogP contribution in [0.2, 0.25) is 0 Å². The molecule has 33 heavy (non-hydrogen) atoms. The zero-order valence-corrected chi connectivity index (χ0v) is 20.4. The minimum absolute atomic E-state index is 0.0315. The zero-order chi connectivity index (χ0) is 23.5. The van der Waals surface area contributed by atoms with Crippen LogP contribution in [0.1, 0.15) is 41.6 Å². The van der Waals surface area contributed by atoms with Crippen LogP contribution in [-0.2, 0) is 12.5 Å². The monoisotopic (exact) mass is 508 g/mol. The number of aryl methyl sites for hydroxylation is 2. The molecule has 0 atom stereocenters. The van der Waals surface area contributed by atoms with E-state index >= 15 is 0 Å². The smallest absolute Gasteiger partial charge is 0.265 e.